The van der Waals surface area contributed by atoms with E-state index in [1.54, 1.807) is 0 Å². The summed E-state index contributed by atoms with van der Waals surface area (Å²) < 4.78 is 0. The molecule has 0 saturated carbocycles. The lowest BCUT2D eigenvalue weighted by atomic mass is 10.1. The summed E-state index contributed by atoms with van der Waals surface area (Å²) in [6.45, 7) is 4.28. The van der Waals surface area contributed by atoms with Gasteiger partial charge in [-0.25, -0.2) is 0 Å². The van der Waals surface area contributed by atoms with Gasteiger partial charge in [0.25, 0.3) is 0 Å². The van der Waals surface area contributed by atoms with Crippen molar-refractivity contribution < 1.29 is 5.11 Å². The first-order valence-corrected chi connectivity index (χ1v) is 6.10. The van der Waals surface area contributed by atoms with Crippen molar-refractivity contribution in [2.45, 2.75) is 6.04 Å². The molecule has 0 aromatic heterocycles. The molecule has 0 radical (unpaired) electrons. The van der Waals surface area contributed by atoms with Crippen molar-refractivity contribution in [3.05, 3.63) is 29.8 Å². The summed E-state index contributed by atoms with van der Waals surface area (Å²) in [6, 6.07) is 7.91. The number of nitrogens with zero attached hydrogens (tertiary/aromatic N) is 2. The number of aliphatic hydroxyl groups is 1. The average Bonchev–Trinajstić information content (AvgIpc) is 2.39. The molecule has 1 heterocycles. The van der Waals surface area contributed by atoms with E-state index in [0.717, 1.165) is 31.7 Å². The number of anilines is 1. The van der Waals surface area contributed by atoms with Crippen LogP contribution < -0.4 is 10.6 Å². The van der Waals surface area contributed by atoms with Crippen molar-refractivity contribution in [3.63, 3.8) is 0 Å². The molecule has 1 atom stereocenters. The second kappa shape index (κ2) is 5.49. The van der Waals surface area contributed by atoms with Gasteiger partial charge in [0, 0.05) is 31.9 Å². The Balaban J connectivity index is 2.10. The van der Waals surface area contributed by atoms with Gasteiger partial charge < -0.3 is 20.6 Å². The van der Waals surface area contributed by atoms with Crippen LogP contribution in [0.15, 0.2) is 24.3 Å². The summed E-state index contributed by atoms with van der Waals surface area (Å²) in [7, 11) is 2.15. The second-order valence-corrected chi connectivity index (χ2v) is 4.67. The zero-order valence-corrected chi connectivity index (χ0v) is 10.3. The molecule has 1 fully saturated rings. The maximum Gasteiger partial charge on any atom is 0.0624 e. The van der Waals surface area contributed by atoms with E-state index in [2.05, 4.69) is 29.0 Å². The van der Waals surface area contributed by atoms with Crippen molar-refractivity contribution in [2.24, 2.45) is 5.73 Å². The minimum Gasteiger partial charge on any atom is -0.394 e. The fourth-order valence-corrected chi connectivity index (χ4v) is 2.12. The highest BCUT2D eigenvalue weighted by molar-refractivity contribution is 5.49. The fourth-order valence-electron chi connectivity index (χ4n) is 2.12. The molecule has 0 bridgehead atoms. The number of hydrogen-bond donors (Lipinski definition) is 2. The third-order valence-corrected chi connectivity index (χ3v) is 3.36. The number of aliphatic hydroxyl groups excluding tert-OH is 1. The Kier molecular flexibility index (Phi) is 3.99. The Morgan fingerprint density at radius 3 is 2.65 bits per heavy atom. The standard InChI is InChI=1S/C13H21N3O/c1-15-5-7-16(8-6-15)12-4-2-3-11(9-12)13(14)10-17/h2-4,9,13,17H,5-8,10,14H2,1H3. The van der Waals surface area contributed by atoms with Crippen LogP contribution in [0.4, 0.5) is 5.69 Å². The highest BCUT2D eigenvalue weighted by Gasteiger charge is 2.15. The van der Waals surface area contributed by atoms with Gasteiger partial charge in [0.2, 0.25) is 0 Å². The molecule has 17 heavy (non-hydrogen) atoms. The van der Waals surface area contributed by atoms with E-state index in [-0.39, 0.29) is 12.6 Å². The van der Waals surface area contributed by atoms with E-state index in [0.29, 0.717) is 0 Å². The summed E-state index contributed by atoms with van der Waals surface area (Å²) in [6.07, 6.45) is 0. The van der Waals surface area contributed by atoms with Crippen LogP contribution in [0.2, 0.25) is 0 Å². The normalized spacial score (nSPS) is 19.4. The molecule has 94 valence electrons. The van der Waals surface area contributed by atoms with Gasteiger partial charge in [0.15, 0.2) is 0 Å². The first-order chi connectivity index (χ1) is 8.20. The molecule has 3 N–H and O–H groups in total. The predicted octanol–water partition coefficient (Wildman–Crippen LogP) is 0.430. The van der Waals surface area contributed by atoms with Crippen LogP contribution in [-0.4, -0.2) is 49.8 Å². The van der Waals surface area contributed by atoms with E-state index in [9.17, 15) is 0 Å². The number of rotatable bonds is 3. The molecule has 0 amide bonds. The zero-order chi connectivity index (χ0) is 12.3. The lowest BCUT2D eigenvalue weighted by molar-refractivity contribution is 0.268. The Labute approximate surface area is 103 Å². The van der Waals surface area contributed by atoms with Crippen LogP contribution in [0.1, 0.15) is 11.6 Å². The third-order valence-electron chi connectivity index (χ3n) is 3.36. The number of hydrogen-bond acceptors (Lipinski definition) is 4. The highest BCUT2D eigenvalue weighted by atomic mass is 16.3. The van der Waals surface area contributed by atoms with Crippen molar-refractivity contribution in [1.82, 2.24) is 4.90 Å². The summed E-state index contributed by atoms with van der Waals surface area (Å²) in [5.41, 5.74) is 8.05. The quantitative estimate of drug-likeness (QED) is 0.798. The van der Waals surface area contributed by atoms with E-state index < -0.39 is 0 Å². The van der Waals surface area contributed by atoms with Gasteiger partial charge in [0.05, 0.1) is 12.6 Å². The molecule has 1 aromatic carbocycles. The SMILES string of the molecule is CN1CCN(c2cccc(C(N)CO)c2)CC1. The summed E-state index contributed by atoms with van der Waals surface area (Å²) in [4.78, 5) is 4.70. The zero-order valence-electron chi connectivity index (χ0n) is 10.3. The minimum absolute atomic E-state index is 0.00775. The van der Waals surface area contributed by atoms with Gasteiger partial charge in [-0.15, -0.1) is 0 Å². The van der Waals surface area contributed by atoms with Crippen molar-refractivity contribution in [3.8, 4) is 0 Å². The van der Waals surface area contributed by atoms with E-state index in [1.807, 2.05) is 12.1 Å². The van der Waals surface area contributed by atoms with Crippen LogP contribution in [-0.2, 0) is 0 Å². The monoisotopic (exact) mass is 235 g/mol. The summed E-state index contributed by atoms with van der Waals surface area (Å²) >= 11 is 0. The molecule has 2 rings (SSSR count). The van der Waals surface area contributed by atoms with Crippen molar-refractivity contribution in [1.29, 1.82) is 0 Å². The lowest BCUT2D eigenvalue weighted by Crippen LogP contribution is -2.44. The summed E-state index contributed by atoms with van der Waals surface area (Å²) in [5.74, 6) is 0. The maximum absolute atomic E-state index is 9.08. The Morgan fingerprint density at radius 1 is 1.29 bits per heavy atom. The van der Waals surface area contributed by atoms with Crippen LogP contribution in [0.25, 0.3) is 0 Å². The van der Waals surface area contributed by atoms with Gasteiger partial charge in [-0.2, -0.15) is 0 Å². The van der Waals surface area contributed by atoms with Crippen LogP contribution in [0.5, 0.6) is 0 Å². The number of benzene rings is 1. The summed E-state index contributed by atoms with van der Waals surface area (Å²) in [5, 5.41) is 9.08. The molecule has 4 nitrogen and oxygen atoms in total. The Hall–Kier alpha value is -1.10. The van der Waals surface area contributed by atoms with Gasteiger partial charge in [-0.1, -0.05) is 12.1 Å². The molecule has 1 aliphatic heterocycles. The van der Waals surface area contributed by atoms with Gasteiger partial charge >= 0.3 is 0 Å². The lowest BCUT2D eigenvalue weighted by Gasteiger charge is -2.34. The molecule has 1 saturated heterocycles. The third kappa shape index (κ3) is 2.97. The highest BCUT2D eigenvalue weighted by Crippen LogP contribution is 2.20. The topological polar surface area (TPSA) is 52.7 Å². The average molecular weight is 235 g/mol. The smallest absolute Gasteiger partial charge is 0.0624 e. The maximum atomic E-state index is 9.08. The molecular weight excluding hydrogens is 214 g/mol. The molecule has 1 aliphatic rings. The van der Waals surface area contributed by atoms with Crippen molar-refractivity contribution in [2.75, 3.05) is 44.7 Å². The molecule has 0 spiro atoms. The van der Waals surface area contributed by atoms with Crippen LogP contribution in [0, 0.1) is 0 Å². The molecule has 1 aromatic rings. The minimum atomic E-state index is -0.276. The van der Waals surface area contributed by atoms with E-state index >= 15 is 0 Å². The van der Waals surface area contributed by atoms with Crippen LogP contribution >= 0.6 is 0 Å². The second-order valence-electron chi connectivity index (χ2n) is 4.67. The largest absolute Gasteiger partial charge is 0.394 e. The van der Waals surface area contributed by atoms with Gasteiger partial charge in [0.1, 0.15) is 0 Å². The first kappa shape index (κ1) is 12.4. The van der Waals surface area contributed by atoms with Gasteiger partial charge in [-0.05, 0) is 24.7 Å². The number of piperazine rings is 1. The Bertz CT molecular complexity index is 361. The van der Waals surface area contributed by atoms with Gasteiger partial charge in [-0.3, -0.25) is 0 Å². The van der Waals surface area contributed by atoms with Crippen LogP contribution in [0.3, 0.4) is 0 Å². The van der Waals surface area contributed by atoms with Crippen molar-refractivity contribution >= 4 is 5.69 Å². The number of nitrogens with two attached hydrogens (primary N) is 1. The van der Waals surface area contributed by atoms with E-state index in [4.69, 9.17) is 10.8 Å². The molecular formula is C13H21N3O. The first-order valence-electron chi connectivity index (χ1n) is 6.10. The Morgan fingerprint density at radius 2 is 2.00 bits per heavy atom. The molecule has 4 heteroatoms. The number of likely N-dealkylation sites (N-methyl/N-ethyl adjacent to an activating group) is 1. The predicted molar refractivity (Wildman–Crippen MR) is 70.2 cm³/mol. The van der Waals surface area contributed by atoms with E-state index in [1.165, 1.54) is 5.69 Å². The molecule has 1 unspecified atom stereocenters. The molecule has 0 aliphatic carbocycles. The fraction of sp³-hybridized carbons (Fsp3) is 0.538.